The van der Waals surface area contributed by atoms with Crippen molar-refractivity contribution in [1.82, 2.24) is 0 Å². The van der Waals surface area contributed by atoms with Gasteiger partial charge in [0, 0.05) is 6.08 Å². The van der Waals surface area contributed by atoms with Gasteiger partial charge in [-0.25, -0.2) is 4.79 Å². The number of rotatable bonds is 7. The first-order valence-corrected chi connectivity index (χ1v) is 5.42. The van der Waals surface area contributed by atoms with E-state index in [0.29, 0.717) is 0 Å². The van der Waals surface area contributed by atoms with Gasteiger partial charge >= 0.3 is 5.97 Å². The topological polar surface area (TPSA) is 76.0 Å². The van der Waals surface area contributed by atoms with Gasteiger partial charge < -0.3 is 19.7 Å². The summed E-state index contributed by atoms with van der Waals surface area (Å²) in [7, 11) is 0. The minimum atomic E-state index is -0.978. The molecule has 0 aromatic carbocycles. The number of hydrogen-bond acceptors (Lipinski definition) is 5. The highest BCUT2D eigenvalue weighted by molar-refractivity contribution is 5.81. The van der Waals surface area contributed by atoms with Crippen LogP contribution in [0, 0.1) is 0 Å². The van der Waals surface area contributed by atoms with Gasteiger partial charge in [-0.1, -0.05) is 6.58 Å². The minimum Gasteiger partial charge on any atom is -0.460 e. The Kier molecular flexibility index (Phi) is 5.81. The zero-order valence-corrected chi connectivity index (χ0v) is 10.9. The van der Waals surface area contributed by atoms with Crippen LogP contribution >= 0.6 is 0 Å². The quantitative estimate of drug-likeness (QED) is 0.509. The molecule has 0 aromatic heterocycles. The zero-order valence-electron chi connectivity index (χ0n) is 10.9. The SMILES string of the molecule is C=CC(=O)OCC(O)C(C)(C)OCC(C)(C)O. The van der Waals surface area contributed by atoms with Crippen molar-refractivity contribution in [3.05, 3.63) is 12.7 Å². The summed E-state index contributed by atoms with van der Waals surface area (Å²) < 4.78 is 10.1. The molecule has 0 rings (SSSR count). The number of aliphatic hydroxyl groups excluding tert-OH is 1. The van der Waals surface area contributed by atoms with E-state index in [2.05, 4.69) is 6.58 Å². The maximum absolute atomic E-state index is 10.8. The largest absolute Gasteiger partial charge is 0.460 e. The summed E-state index contributed by atoms with van der Waals surface area (Å²) in [6.45, 7) is 9.67. The fourth-order valence-electron chi connectivity index (χ4n) is 0.879. The molecule has 0 spiro atoms. The Morgan fingerprint density at radius 1 is 1.41 bits per heavy atom. The fourth-order valence-corrected chi connectivity index (χ4v) is 0.879. The molecular weight excluding hydrogens is 224 g/mol. The van der Waals surface area contributed by atoms with E-state index in [4.69, 9.17) is 9.47 Å². The first kappa shape index (κ1) is 16.1. The van der Waals surface area contributed by atoms with Gasteiger partial charge in [0.25, 0.3) is 0 Å². The molecule has 0 aliphatic rings. The zero-order chi connectivity index (χ0) is 13.7. The second kappa shape index (κ2) is 6.14. The lowest BCUT2D eigenvalue weighted by molar-refractivity contribution is -0.163. The summed E-state index contributed by atoms with van der Waals surface area (Å²) in [5.41, 5.74) is -1.89. The van der Waals surface area contributed by atoms with Crippen LogP contribution in [-0.4, -0.2) is 46.7 Å². The first-order chi connectivity index (χ1) is 7.58. The highest BCUT2D eigenvalue weighted by Gasteiger charge is 2.31. The Bertz CT molecular complexity index is 265. The number of hydrogen-bond donors (Lipinski definition) is 2. The van der Waals surface area contributed by atoms with E-state index < -0.39 is 23.3 Å². The third kappa shape index (κ3) is 7.10. The standard InChI is InChI=1S/C12H22O5/c1-6-10(14)16-7-9(13)12(4,5)17-8-11(2,3)15/h6,9,13,15H,1,7-8H2,2-5H3. The fraction of sp³-hybridized carbons (Fsp3) is 0.750. The van der Waals surface area contributed by atoms with Crippen molar-refractivity contribution in [3.63, 3.8) is 0 Å². The Morgan fingerprint density at radius 3 is 2.35 bits per heavy atom. The van der Waals surface area contributed by atoms with Gasteiger partial charge in [0.05, 0.1) is 17.8 Å². The van der Waals surface area contributed by atoms with Gasteiger partial charge in [0.1, 0.15) is 12.7 Å². The Morgan fingerprint density at radius 2 is 1.94 bits per heavy atom. The molecule has 0 saturated carbocycles. The van der Waals surface area contributed by atoms with E-state index in [1.165, 1.54) is 0 Å². The molecule has 0 saturated heterocycles. The summed E-state index contributed by atoms with van der Waals surface area (Å²) in [6.07, 6.45) is 0.0472. The van der Waals surface area contributed by atoms with Crippen LogP contribution in [0.15, 0.2) is 12.7 Å². The number of carbonyl (C=O) groups is 1. The van der Waals surface area contributed by atoms with Crippen LogP contribution in [0.3, 0.4) is 0 Å². The number of ether oxygens (including phenoxy) is 2. The molecule has 1 unspecified atom stereocenters. The monoisotopic (exact) mass is 246 g/mol. The van der Waals surface area contributed by atoms with Gasteiger partial charge in [0.15, 0.2) is 0 Å². The number of aliphatic hydroxyl groups is 2. The maximum Gasteiger partial charge on any atom is 0.330 e. The van der Waals surface area contributed by atoms with E-state index in [1.807, 2.05) is 0 Å². The van der Waals surface area contributed by atoms with Gasteiger partial charge in [0.2, 0.25) is 0 Å². The van der Waals surface area contributed by atoms with Crippen molar-refractivity contribution in [2.45, 2.75) is 45.0 Å². The van der Waals surface area contributed by atoms with Crippen molar-refractivity contribution in [3.8, 4) is 0 Å². The normalized spacial score (nSPS) is 14.2. The average Bonchev–Trinajstić information content (AvgIpc) is 2.21. The summed E-state index contributed by atoms with van der Waals surface area (Å²) in [5.74, 6) is -0.595. The molecule has 5 heteroatoms. The predicted octanol–water partition coefficient (Wildman–Crippen LogP) is 0.643. The molecular formula is C12H22O5. The molecule has 0 radical (unpaired) electrons. The van der Waals surface area contributed by atoms with E-state index in [9.17, 15) is 15.0 Å². The predicted molar refractivity (Wildman–Crippen MR) is 63.5 cm³/mol. The van der Waals surface area contributed by atoms with Crippen LogP contribution in [0.4, 0.5) is 0 Å². The molecule has 17 heavy (non-hydrogen) atoms. The molecule has 5 nitrogen and oxygen atoms in total. The second-order valence-electron chi connectivity index (χ2n) is 5.05. The van der Waals surface area contributed by atoms with E-state index in [-0.39, 0.29) is 13.2 Å². The smallest absolute Gasteiger partial charge is 0.330 e. The van der Waals surface area contributed by atoms with Gasteiger partial charge in [-0.05, 0) is 27.7 Å². The first-order valence-electron chi connectivity index (χ1n) is 5.42. The van der Waals surface area contributed by atoms with Crippen LogP contribution in [-0.2, 0) is 14.3 Å². The van der Waals surface area contributed by atoms with E-state index in [1.54, 1.807) is 27.7 Å². The summed E-state index contributed by atoms with van der Waals surface area (Å²) in [5, 5.41) is 19.3. The highest BCUT2D eigenvalue weighted by atomic mass is 16.6. The molecule has 0 amide bonds. The van der Waals surface area contributed by atoms with Crippen LogP contribution in [0.5, 0.6) is 0 Å². The van der Waals surface area contributed by atoms with Crippen LogP contribution in [0.2, 0.25) is 0 Å². The van der Waals surface area contributed by atoms with Gasteiger partial charge in [-0.15, -0.1) is 0 Å². The lowest BCUT2D eigenvalue weighted by Crippen LogP contribution is -2.45. The molecule has 1 atom stereocenters. The van der Waals surface area contributed by atoms with Crippen molar-refractivity contribution in [2.24, 2.45) is 0 Å². The molecule has 0 heterocycles. The number of esters is 1. The van der Waals surface area contributed by atoms with Crippen molar-refractivity contribution >= 4 is 5.97 Å². The molecule has 0 aliphatic heterocycles. The summed E-state index contributed by atoms with van der Waals surface area (Å²) >= 11 is 0. The van der Waals surface area contributed by atoms with E-state index >= 15 is 0 Å². The van der Waals surface area contributed by atoms with Crippen molar-refractivity contribution < 1.29 is 24.5 Å². The van der Waals surface area contributed by atoms with Gasteiger partial charge in [-0.2, -0.15) is 0 Å². The molecule has 0 aliphatic carbocycles. The lowest BCUT2D eigenvalue weighted by atomic mass is 10.0. The average molecular weight is 246 g/mol. The lowest BCUT2D eigenvalue weighted by Gasteiger charge is -2.32. The summed E-state index contributed by atoms with van der Waals surface area (Å²) in [4.78, 5) is 10.8. The molecule has 0 bridgehead atoms. The number of carbonyl (C=O) groups excluding carboxylic acids is 1. The van der Waals surface area contributed by atoms with Crippen molar-refractivity contribution in [1.29, 1.82) is 0 Å². The maximum atomic E-state index is 10.8. The van der Waals surface area contributed by atoms with Crippen LogP contribution in [0.1, 0.15) is 27.7 Å². The second-order valence-corrected chi connectivity index (χ2v) is 5.05. The molecule has 0 fully saturated rings. The Balaban J connectivity index is 4.19. The van der Waals surface area contributed by atoms with Gasteiger partial charge in [-0.3, -0.25) is 0 Å². The minimum absolute atomic E-state index is 0.0759. The Labute approximate surface area is 102 Å². The third-order valence-electron chi connectivity index (χ3n) is 2.15. The molecule has 0 aromatic rings. The Hall–Kier alpha value is -0.910. The molecule has 100 valence electrons. The van der Waals surface area contributed by atoms with E-state index in [0.717, 1.165) is 6.08 Å². The third-order valence-corrected chi connectivity index (χ3v) is 2.15. The highest BCUT2D eigenvalue weighted by Crippen LogP contribution is 2.18. The van der Waals surface area contributed by atoms with Crippen molar-refractivity contribution in [2.75, 3.05) is 13.2 Å². The van der Waals surface area contributed by atoms with Crippen LogP contribution in [0.25, 0.3) is 0 Å². The van der Waals surface area contributed by atoms with Crippen LogP contribution < -0.4 is 0 Å². The molecule has 2 N–H and O–H groups in total. The summed E-state index contributed by atoms with van der Waals surface area (Å²) in [6, 6.07) is 0.